The second-order valence-corrected chi connectivity index (χ2v) is 7.07. The monoisotopic (exact) mass is 406 g/mol. The third kappa shape index (κ3) is 3.62. The summed E-state index contributed by atoms with van der Waals surface area (Å²) >= 11 is 0. The minimum absolute atomic E-state index is 0.0431. The summed E-state index contributed by atoms with van der Waals surface area (Å²) in [7, 11) is 0. The van der Waals surface area contributed by atoms with Crippen LogP contribution in [0.3, 0.4) is 0 Å². The molecule has 0 saturated heterocycles. The number of nitro groups is 1. The predicted octanol–water partition coefficient (Wildman–Crippen LogP) is 3.65. The van der Waals surface area contributed by atoms with Gasteiger partial charge in [0.1, 0.15) is 17.3 Å². The van der Waals surface area contributed by atoms with Crippen molar-refractivity contribution in [2.24, 2.45) is 5.92 Å². The average molecular weight is 406 g/mol. The topological polar surface area (TPSA) is 140 Å². The van der Waals surface area contributed by atoms with Crippen molar-refractivity contribution in [2.75, 3.05) is 0 Å². The summed E-state index contributed by atoms with van der Waals surface area (Å²) in [4.78, 5) is 34.8. The van der Waals surface area contributed by atoms with Crippen molar-refractivity contribution in [2.45, 2.75) is 19.9 Å². The molecule has 0 aliphatic heterocycles. The van der Waals surface area contributed by atoms with Crippen molar-refractivity contribution in [3.05, 3.63) is 70.5 Å². The standard InChI is InChI=1S/C20H18N6O4/c1-11(2)16(20-24-18(25-30-20)12-6-8-21-9-7-12)23-19(27)14-10-13-4-3-5-15(26(28)29)17(13)22-14/h3-11,16,22H,1-2H3,(H,23,27). The van der Waals surface area contributed by atoms with Gasteiger partial charge in [-0.3, -0.25) is 19.9 Å². The maximum atomic E-state index is 12.9. The number of carbonyl (C=O) groups excluding carboxylic acids is 1. The largest absolute Gasteiger partial charge is 0.345 e. The molecule has 30 heavy (non-hydrogen) atoms. The van der Waals surface area contributed by atoms with Crippen molar-refractivity contribution in [1.29, 1.82) is 0 Å². The molecule has 1 aromatic carbocycles. The SMILES string of the molecule is CC(C)C(NC(=O)c1cc2cccc([N+](=O)[O-])c2[nH]1)c1nc(-c2ccncc2)no1. The van der Waals surface area contributed by atoms with E-state index in [0.717, 1.165) is 5.56 Å². The lowest BCUT2D eigenvalue weighted by molar-refractivity contribution is -0.383. The van der Waals surface area contributed by atoms with Crippen LogP contribution >= 0.6 is 0 Å². The molecule has 10 nitrogen and oxygen atoms in total. The Labute approximate surface area is 170 Å². The van der Waals surface area contributed by atoms with Gasteiger partial charge in [-0.2, -0.15) is 4.98 Å². The van der Waals surface area contributed by atoms with Crippen LogP contribution < -0.4 is 5.32 Å². The lowest BCUT2D eigenvalue weighted by Crippen LogP contribution is -2.32. The summed E-state index contributed by atoms with van der Waals surface area (Å²) in [6.45, 7) is 3.83. The van der Waals surface area contributed by atoms with E-state index in [1.807, 2.05) is 13.8 Å². The number of non-ortho nitro benzene ring substituents is 1. The van der Waals surface area contributed by atoms with E-state index in [-0.39, 0.29) is 23.2 Å². The van der Waals surface area contributed by atoms with E-state index < -0.39 is 16.9 Å². The molecule has 0 radical (unpaired) electrons. The van der Waals surface area contributed by atoms with Crippen LogP contribution in [0.25, 0.3) is 22.3 Å². The number of para-hydroxylation sites is 1. The van der Waals surface area contributed by atoms with E-state index in [9.17, 15) is 14.9 Å². The Hall–Kier alpha value is -4.08. The highest BCUT2D eigenvalue weighted by atomic mass is 16.6. The van der Waals surface area contributed by atoms with E-state index in [4.69, 9.17) is 4.52 Å². The fourth-order valence-corrected chi connectivity index (χ4v) is 3.13. The molecule has 4 aromatic rings. The second kappa shape index (κ2) is 7.74. The molecule has 0 aliphatic rings. The second-order valence-electron chi connectivity index (χ2n) is 7.07. The molecular weight excluding hydrogens is 388 g/mol. The highest BCUT2D eigenvalue weighted by molar-refractivity contribution is 6.00. The molecule has 4 rings (SSSR count). The number of nitro benzene ring substituents is 1. The number of aromatic nitrogens is 4. The van der Waals surface area contributed by atoms with Crippen LogP contribution in [0.5, 0.6) is 0 Å². The van der Waals surface area contributed by atoms with Gasteiger partial charge in [-0.15, -0.1) is 0 Å². The van der Waals surface area contributed by atoms with E-state index in [2.05, 4.69) is 25.4 Å². The predicted molar refractivity (Wildman–Crippen MR) is 108 cm³/mol. The minimum Gasteiger partial charge on any atom is -0.345 e. The number of nitrogens with zero attached hydrogens (tertiary/aromatic N) is 4. The molecular formula is C20H18N6O4. The quantitative estimate of drug-likeness (QED) is 0.368. The molecule has 3 aromatic heterocycles. The summed E-state index contributed by atoms with van der Waals surface area (Å²) in [5, 5.41) is 18.7. The van der Waals surface area contributed by atoms with Crippen LogP contribution in [0.15, 0.2) is 53.3 Å². The summed E-state index contributed by atoms with van der Waals surface area (Å²) in [5.41, 5.74) is 1.16. The molecule has 3 heterocycles. The van der Waals surface area contributed by atoms with Gasteiger partial charge in [-0.05, 0) is 24.1 Å². The van der Waals surface area contributed by atoms with Crippen LogP contribution in [0.4, 0.5) is 5.69 Å². The van der Waals surface area contributed by atoms with Crippen LogP contribution in [-0.2, 0) is 0 Å². The zero-order valence-corrected chi connectivity index (χ0v) is 16.2. The molecule has 1 unspecified atom stereocenters. The van der Waals surface area contributed by atoms with Crippen LogP contribution in [0, 0.1) is 16.0 Å². The fraction of sp³-hybridized carbons (Fsp3) is 0.200. The van der Waals surface area contributed by atoms with Gasteiger partial charge >= 0.3 is 0 Å². The molecule has 1 amide bonds. The molecule has 10 heteroatoms. The van der Waals surface area contributed by atoms with E-state index >= 15 is 0 Å². The van der Waals surface area contributed by atoms with Crippen molar-refractivity contribution in [3.8, 4) is 11.4 Å². The van der Waals surface area contributed by atoms with Gasteiger partial charge in [-0.1, -0.05) is 31.1 Å². The normalized spacial score (nSPS) is 12.2. The third-order valence-corrected chi connectivity index (χ3v) is 4.68. The molecule has 152 valence electrons. The molecule has 1 atom stereocenters. The molecule has 0 fully saturated rings. The van der Waals surface area contributed by atoms with Crippen molar-refractivity contribution in [1.82, 2.24) is 25.4 Å². The first-order valence-electron chi connectivity index (χ1n) is 9.25. The zero-order chi connectivity index (χ0) is 21.3. The summed E-state index contributed by atoms with van der Waals surface area (Å²) in [6.07, 6.45) is 3.25. The number of carbonyl (C=O) groups is 1. The zero-order valence-electron chi connectivity index (χ0n) is 16.2. The Morgan fingerprint density at radius 3 is 2.70 bits per heavy atom. The van der Waals surface area contributed by atoms with Crippen LogP contribution in [-0.4, -0.2) is 30.9 Å². The number of amides is 1. The first kappa shape index (κ1) is 19.2. The Morgan fingerprint density at radius 1 is 1.23 bits per heavy atom. The number of aromatic amines is 1. The molecule has 0 aliphatic carbocycles. The van der Waals surface area contributed by atoms with E-state index in [1.165, 1.54) is 6.07 Å². The lowest BCUT2D eigenvalue weighted by Gasteiger charge is -2.18. The van der Waals surface area contributed by atoms with Gasteiger partial charge in [0.2, 0.25) is 11.7 Å². The summed E-state index contributed by atoms with van der Waals surface area (Å²) < 4.78 is 5.39. The number of H-pyrrole nitrogens is 1. The number of rotatable bonds is 6. The Morgan fingerprint density at radius 2 is 2.00 bits per heavy atom. The summed E-state index contributed by atoms with van der Waals surface area (Å²) in [6, 6.07) is 9.22. The molecule has 0 spiro atoms. The number of pyridine rings is 1. The van der Waals surface area contributed by atoms with Gasteiger partial charge in [0.05, 0.1) is 4.92 Å². The van der Waals surface area contributed by atoms with Gasteiger partial charge < -0.3 is 14.8 Å². The molecule has 0 saturated carbocycles. The number of hydrogen-bond donors (Lipinski definition) is 2. The minimum atomic E-state index is -0.540. The number of hydrogen-bond acceptors (Lipinski definition) is 7. The highest BCUT2D eigenvalue weighted by Crippen LogP contribution is 2.27. The first-order chi connectivity index (χ1) is 14.4. The van der Waals surface area contributed by atoms with Gasteiger partial charge in [-0.25, -0.2) is 0 Å². The summed E-state index contributed by atoms with van der Waals surface area (Å²) in [5.74, 6) is 0.196. The van der Waals surface area contributed by atoms with Gasteiger partial charge in [0.15, 0.2) is 0 Å². The Balaban J connectivity index is 1.60. The van der Waals surface area contributed by atoms with Crippen molar-refractivity contribution >= 4 is 22.5 Å². The van der Waals surface area contributed by atoms with Crippen molar-refractivity contribution < 1.29 is 14.2 Å². The average Bonchev–Trinajstić information content (AvgIpc) is 3.39. The van der Waals surface area contributed by atoms with Crippen molar-refractivity contribution in [3.63, 3.8) is 0 Å². The van der Waals surface area contributed by atoms with E-state index in [1.54, 1.807) is 42.7 Å². The maximum absolute atomic E-state index is 12.9. The van der Waals surface area contributed by atoms with Crippen LogP contribution in [0.2, 0.25) is 0 Å². The van der Waals surface area contributed by atoms with Gasteiger partial charge in [0.25, 0.3) is 11.6 Å². The Bertz CT molecular complexity index is 1210. The highest BCUT2D eigenvalue weighted by Gasteiger charge is 2.26. The molecule has 2 N–H and O–H groups in total. The van der Waals surface area contributed by atoms with Crippen LogP contribution in [0.1, 0.15) is 36.3 Å². The smallest absolute Gasteiger partial charge is 0.293 e. The maximum Gasteiger partial charge on any atom is 0.293 e. The van der Waals surface area contributed by atoms with E-state index in [0.29, 0.717) is 16.7 Å². The third-order valence-electron chi connectivity index (χ3n) is 4.68. The van der Waals surface area contributed by atoms with Gasteiger partial charge in [0, 0.05) is 29.4 Å². The lowest BCUT2D eigenvalue weighted by atomic mass is 10.0. The number of benzene rings is 1. The Kier molecular flexibility index (Phi) is 4.97. The number of nitrogens with one attached hydrogen (secondary N) is 2. The number of fused-ring (bicyclic) bond motifs is 1. The molecule has 0 bridgehead atoms. The fourth-order valence-electron chi connectivity index (χ4n) is 3.13. The first-order valence-corrected chi connectivity index (χ1v) is 9.25.